The lowest BCUT2D eigenvalue weighted by Crippen LogP contribution is -2.22. The quantitative estimate of drug-likeness (QED) is 0.744. The number of hydrogen-bond acceptors (Lipinski definition) is 3. The van der Waals surface area contributed by atoms with Crippen molar-refractivity contribution in [2.45, 2.75) is 32.6 Å². The summed E-state index contributed by atoms with van der Waals surface area (Å²) in [6.07, 6.45) is 6.81. The zero-order valence-electron chi connectivity index (χ0n) is 12.4. The number of hydrogen-bond donors (Lipinski definition) is 1. The van der Waals surface area contributed by atoms with Gasteiger partial charge in [0.2, 0.25) is 5.91 Å². The van der Waals surface area contributed by atoms with Crippen LogP contribution in [0.2, 0.25) is 0 Å². The molecule has 0 saturated carbocycles. The molecule has 0 aliphatic rings. The van der Waals surface area contributed by atoms with E-state index in [0.29, 0.717) is 5.82 Å². The first-order valence-electron chi connectivity index (χ1n) is 7.04. The predicted octanol–water partition coefficient (Wildman–Crippen LogP) is 4.83. The lowest BCUT2D eigenvalue weighted by molar-refractivity contribution is -0.117. The van der Waals surface area contributed by atoms with Gasteiger partial charge in [0.25, 0.3) is 0 Å². The summed E-state index contributed by atoms with van der Waals surface area (Å²) in [6.45, 7) is 3.98. The number of pyridine rings is 2. The molecule has 4 nitrogen and oxygen atoms in total. The standard InChI is InChI=1S/C16H17Br2N3O/c1-3-4-14(11-6-13(18)8-19-7-11)16(22)21-15-10(2)5-12(17)9-20-15/h5-9,14H,3-4H2,1-2H3,(H,20,21,22). The average Bonchev–Trinajstić information content (AvgIpc) is 2.47. The van der Waals surface area contributed by atoms with E-state index < -0.39 is 0 Å². The van der Waals surface area contributed by atoms with Gasteiger partial charge in [0.1, 0.15) is 5.82 Å². The number of aryl methyl sites for hydroxylation is 1. The third kappa shape index (κ3) is 4.36. The van der Waals surface area contributed by atoms with E-state index in [1.165, 1.54) is 0 Å². The van der Waals surface area contributed by atoms with Crippen molar-refractivity contribution in [3.63, 3.8) is 0 Å². The van der Waals surface area contributed by atoms with Crippen molar-refractivity contribution in [2.75, 3.05) is 5.32 Å². The molecule has 0 spiro atoms. The van der Waals surface area contributed by atoms with Gasteiger partial charge >= 0.3 is 0 Å². The van der Waals surface area contributed by atoms with E-state index >= 15 is 0 Å². The summed E-state index contributed by atoms with van der Waals surface area (Å²) >= 11 is 6.78. The van der Waals surface area contributed by atoms with E-state index in [-0.39, 0.29) is 11.8 Å². The van der Waals surface area contributed by atoms with Gasteiger partial charge in [-0.05, 0) is 68.5 Å². The number of aromatic nitrogens is 2. The average molecular weight is 427 g/mol. The van der Waals surface area contributed by atoms with Crippen LogP contribution < -0.4 is 5.32 Å². The number of halogens is 2. The van der Waals surface area contributed by atoms with Crippen molar-refractivity contribution in [3.8, 4) is 0 Å². The van der Waals surface area contributed by atoms with Gasteiger partial charge in [0.15, 0.2) is 0 Å². The van der Waals surface area contributed by atoms with Crippen LogP contribution in [0, 0.1) is 6.92 Å². The van der Waals surface area contributed by atoms with E-state index in [1.54, 1.807) is 18.6 Å². The molecule has 1 unspecified atom stereocenters. The van der Waals surface area contributed by atoms with Gasteiger partial charge in [-0.15, -0.1) is 0 Å². The minimum atomic E-state index is -0.236. The Bertz CT molecular complexity index is 676. The number of carbonyl (C=O) groups excluding carboxylic acids is 1. The maximum atomic E-state index is 12.6. The Morgan fingerprint density at radius 1 is 1.23 bits per heavy atom. The summed E-state index contributed by atoms with van der Waals surface area (Å²) in [5.41, 5.74) is 1.83. The van der Waals surface area contributed by atoms with E-state index in [0.717, 1.165) is 32.9 Å². The smallest absolute Gasteiger partial charge is 0.233 e. The lowest BCUT2D eigenvalue weighted by Gasteiger charge is -2.17. The summed E-state index contributed by atoms with van der Waals surface area (Å²) in [4.78, 5) is 21.1. The molecule has 2 aromatic rings. The molecule has 0 bridgehead atoms. The fraction of sp³-hybridized carbons (Fsp3) is 0.312. The van der Waals surface area contributed by atoms with Crippen LogP contribution in [-0.4, -0.2) is 15.9 Å². The summed E-state index contributed by atoms with van der Waals surface area (Å²) < 4.78 is 1.76. The number of anilines is 1. The van der Waals surface area contributed by atoms with E-state index in [9.17, 15) is 4.79 Å². The Kier molecular flexibility index (Phi) is 6.08. The summed E-state index contributed by atoms with van der Waals surface area (Å²) in [7, 11) is 0. The van der Waals surface area contributed by atoms with Crippen LogP contribution in [-0.2, 0) is 4.79 Å². The van der Waals surface area contributed by atoms with Crippen LogP contribution in [0.25, 0.3) is 0 Å². The first-order valence-corrected chi connectivity index (χ1v) is 8.63. The van der Waals surface area contributed by atoms with Crippen LogP contribution in [0.1, 0.15) is 36.8 Å². The van der Waals surface area contributed by atoms with Crippen molar-refractivity contribution >= 4 is 43.6 Å². The number of amides is 1. The van der Waals surface area contributed by atoms with Crippen molar-refractivity contribution in [1.82, 2.24) is 9.97 Å². The van der Waals surface area contributed by atoms with Gasteiger partial charge in [-0.25, -0.2) is 4.98 Å². The molecule has 1 amide bonds. The molecule has 2 heterocycles. The highest BCUT2D eigenvalue weighted by Gasteiger charge is 2.21. The molecule has 0 aliphatic heterocycles. The number of rotatable bonds is 5. The largest absolute Gasteiger partial charge is 0.310 e. The van der Waals surface area contributed by atoms with Crippen LogP contribution in [0.5, 0.6) is 0 Å². The highest BCUT2D eigenvalue weighted by atomic mass is 79.9. The molecule has 0 aromatic carbocycles. The molecule has 2 rings (SSSR count). The number of carbonyl (C=O) groups is 1. The van der Waals surface area contributed by atoms with Crippen molar-refractivity contribution < 1.29 is 4.79 Å². The topological polar surface area (TPSA) is 54.9 Å². The third-order valence-corrected chi connectivity index (χ3v) is 4.18. The second-order valence-corrected chi connectivity index (χ2v) is 6.92. The molecule has 116 valence electrons. The zero-order chi connectivity index (χ0) is 16.1. The van der Waals surface area contributed by atoms with Gasteiger partial charge in [0.05, 0.1) is 5.92 Å². The second kappa shape index (κ2) is 7.83. The first kappa shape index (κ1) is 17.1. The van der Waals surface area contributed by atoms with Crippen LogP contribution in [0.3, 0.4) is 0 Å². The second-order valence-electron chi connectivity index (χ2n) is 5.09. The molecule has 2 aromatic heterocycles. The van der Waals surface area contributed by atoms with Gasteiger partial charge in [-0.1, -0.05) is 13.3 Å². The monoisotopic (exact) mass is 425 g/mol. The molecule has 6 heteroatoms. The Morgan fingerprint density at radius 3 is 2.59 bits per heavy atom. The fourth-order valence-electron chi connectivity index (χ4n) is 2.23. The molecular weight excluding hydrogens is 410 g/mol. The lowest BCUT2D eigenvalue weighted by atomic mass is 9.95. The minimum absolute atomic E-state index is 0.0559. The van der Waals surface area contributed by atoms with Gasteiger partial charge in [-0.3, -0.25) is 9.78 Å². The minimum Gasteiger partial charge on any atom is -0.310 e. The molecule has 0 aliphatic carbocycles. The van der Waals surface area contributed by atoms with E-state index in [4.69, 9.17) is 0 Å². The number of nitrogens with zero attached hydrogens (tertiary/aromatic N) is 2. The summed E-state index contributed by atoms with van der Waals surface area (Å²) in [5.74, 6) is 0.303. The van der Waals surface area contributed by atoms with Gasteiger partial charge in [0, 0.05) is 27.5 Å². The molecular formula is C16H17Br2N3O. The Labute approximate surface area is 147 Å². The summed E-state index contributed by atoms with van der Waals surface area (Å²) in [5, 5.41) is 2.93. The molecule has 0 fully saturated rings. The molecule has 22 heavy (non-hydrogen) atoms. The van der Waals surface area contributed by atoms with Gasteiger partial charge < -0.3 is 5.32 Å². The molecule has 0 saturated heterocycles. The highest BCUT2D eigenvalue weighted by Crippen LogP contribution is 2.25. The normalized spacial score (nSPS) is 12.0. The first-order chi connectivity index (χ1) is 10.5. The van der Waals surface area contributed by atoms with E-state index in [1.807, 2.05) is 19.1 Å². The fourth-order valence-corrected chi connectivity index (χ4v) is 3.06. The number of nitrogens with one attached hydrogen (secondary N) is 1. The summed E-state index contributed by atoms with van der Waals surface area (Å²) in [6, 6.07) is 3.87. The molecule has 0 radical (unpaired) electrons. The Hall–Kier alpha value is -1.27. The SMILES string of the molecule is CCCC(C(=O)Nc1ncc(Br)cc1C)c1cncc(Br)c1. The third-order valence-electron chi connectivity index (χ3n) is 3.31. The maximum absolute atomic E-state index is 12.6. The Balaban J connectivity index is 2.23. The van der Waals surface area contributed by atoms with Crippen LogP contribution in [0.15, 0.2) is 39.7 Å². The predicted molar refractivity (Wildman–Crippen MR) is 94.9 cm³/mol. The zero-order valence-corrected chi connectivity index (χ0v) is 15.6. The van der Waals surface area contributed by atoms with Crippen LogP contribution in [0.4, 0.5) is 5.82 Å². The maximum Gasteiger partial charge on any atom is 0.233 e. The van der Waals surface area contributed by atoms with Gasteiger partial charge in [-0.2, -0.15) is 0 Å². The van der Waals surface area contributed by atoms with E-state index in [2.05, 4.69) is 54.1 Å². The molecule has 1 N–H and O–H groups in total. The van der Waals surface area contributed by atoms with Crippen molar-refractivity contribution in [3.05, 3.63) is 50.8 Å². The molecule has 1 atom stereocenters. The highest BCUT2D eigenvalue weighted by molar-refractivity contribution is 9.10. The van der Waals surface area contributed by atoms with Crippen molar-refractivity contribution in [1.29, 1.82) is 0 Å². The Morgan fingerprint density at radius 2 is 1.95 bits per heavy atom. The van der Waals surface area contributed by atoms with Crippen molar-refractivity contribution in [2.24, 2.45) is 0 Å². The van der Waals surface area contributed by atoms with Crippen LogP contribution >= 0.6 is 31.9 Å².